The maximum Gasteiger partial charge on any atom is 0.416 e. The molecule has 3 rings (SSSR count). The Kier molecular flexibility index (Phi) is 6.03. The third-order valence-electron chi connectivity index (χ3n) is 4.61. The number of amides is 1. The lowest BCUT2D eigenvalue weighted by Crippen LogP contribution is -2.14. The van der Waals surface area contributed by atoms with Gasteiger partial charge in [-0.3, -0.25) is 19.6 Å². The van der Waals surface area contributed by atoms with E-state index in [9.17, 15) is 28.1 Å². The Balaban J connectivity index is 1.85. The molecular formula is C20H16ClF3N4O3. The second kappa shape index (κ2) is 8.38. The van der Waals surface area contributed by atoms with Crippen LogP contribution >= 0.6 is 11.6 Å². The van der Waals surface area contributed by atoms with E-state index in [1.54, 1.807) is 19.9 Å². The molecule has 0 aliphatic carbocycles. The van der Waals surface area contributed by atoms with Crippen LogP contribution in [0.2, 0.25) is 5.02 Å². The van der Waals surface area contributed by atoms with Crippen LogP contribution in [0.15, 0.2) is 42.5 Å². The van der Waals surface area contributed by atoms with Gasteiger partial charge in [0, 0.05) is 11.6 Å². The van der Waals surface area contributed by atoms with Gasteiger partial charge in [-0.25, -0.2) is 0 Å². The maximum absolute atomic E-state index is 12.9. The highest BCUT2D eigenvalue weighted by Gasteiger charge is 2.30. The molecule has 0 bridgehead atoms. The van der Waals surface area contributed by atoms with E-state index in [1.807, 2.05) is 0 Å². The van der Waals surface area contributed by atoms with Crippen molar-refractivity contribution in [1.29, 1.82) is 0 Å². The van der Waals surface area contributed by atoms with Crippen molar-refractivity contribution < 1.29 is 22.9 Å². The average Bonchev–Trinajstić information content (AvgIpc) is 2.95. The number of aryl methyl sites for hydroxylation is 1. The van der Waals surface area contributed by atoms with E-state index in [0.717, 1.165) is 18.2 Å². The van der Waals surface area contributed by atoms with Crippen LogP contribution in [0, 0.1) is 24.0 Å². The van der Waals surface area contributed by atoms with Gasteiger partial charge in [-0.2, -0.15) is 18.3 Å². The van der Waals surface area contributed by atoms with Crippen LogP contribution in [0.3, 0.4) is 0 Å². The highest BCUT2D eigenvalue weighted by molar-refractivity contribution is 6.32. The zero-order valence-corrected chi connectivity index (χ0v) is 17.1. The zero-order valence-electron chi connectivity index (χ0n) is 16.3. The minimum absolute atomic E-state index is 0.0283. The van der Waals surface area contributed by atoms with Gasteiger partial charge in [0.15, 0.2) is 0 Å². The molecule has 0 saturated carbocycles. The number of nitrogens with one attached hydrogen (secondary N) is 1. The Morgan fingerprint density at radius 2 is 1.94 bits per heavy atom. The lowest BCUT2D eigenvalue weighted by Gasteiger charge is -2.10. The fourth-order valence-corrected chi connectivity index (χ4v) is 3.22. The van der Waals surface area contributed by atoms with Crippen LogP contribution in [0.5, 0.6) is 0 Å². The Morgan fingerprint density at radius 3 is 2.58 bits per heavy atom. The molecule has 1 aromatic heterocycles. The van der Waals surface area contributed by atoms with Crippen molar-refractivity contribution in [3.63, 3.8) is 0 Å². The summed E-state index contributed by atoms with van der Waals surface area (Å²) < 4.78 is 40.3. The molecule has 0 unspecified atom stereocenters. The summed E-state index contributed by atoms with van der Waals surface area (Å²) in [4.78, 5) is 22.9. The van der Waals surface area contributed by atoms with E-state index < -0.39 is 28.3 Å². The number of anilines is 1. The number of nitro groups is 1. The van der Waals surface area contributed by atoms with Crippen molar-refractivity contribution in [2.45, 2.75) is 26.6 Å². The number of hydrogen-bond acceptors (Lipinski definition) is 4. The van der Waals surface area contributed by atoms with Gasteiger partial charge in [0.25, 0.3) is 11.6 Å². The molecule has 0 spiro atoms. The van der Waals surface area contributed by atoms with Gasteiger partial charge in [-0.1, -0.05) is 23.7 Å². The predicted molar refractivity (Wildman–Crippen MR) is 108 cm³/mol. The standard InChI is InChI=1S/C20H16ClF3N4O3/c1-11-18(25-19(29)14-6-7-16(21)17(9-14)28(30)31)12(2)27(26-11)10-13-4-3-5-15(8-13)20(22,23)24/h3-9H,10H2,1-2H3,(H,25,29). The molecule has 31 heavy (non-hydrogen) atoms. The largest absolute Gasteiger partial charge is 0.416 e. The second-order valence-electron chi connectivity index (χ2n) is 6.78. The van der Waals surface area contributed by atoms with E-state index in [4.69, 9.17) is 11.6 Å². The van der Waals surface area contributed by atoms with Crippen molar-refractivity contribution in [1.82, 2.24) is 9.78 Å². The van der Waals surface area contributed by atoms with E-state index in [2.05, 4.69) is 10.4 Å². The SMILES string of the molecule is Cc1nn(Cc2cccc(C(F)(F)F)c2)c(C)c1NC(=O)c1ccc(Cl)c([N+](=O)[O-])c1. The molecule has 0 saturated heterocycles. The van der Waals surface area contributed by atoms with E-state index in [0.29, 0.717) is 22.6 Å². The number of benzene rings is 2. The lowest BCUT2D eigenvalue weighted by atomic mass is 10.1. The van der Waals surface area contributed by atoms with Crippen LogP contribution in [0.1, 0.15) is 32.9 Å². The molecule has 1 N–H and O–H groups in total. The molecule has 0 radical (unpaired) electrons. The zero-order chi connectivity index (χ0) is 22.9. The number of nitro benzene ring substituents is 1. The predicted octanol–water partition coefficient (Wildman–Crippen LogP) is 5.38. The third-order valence-corrected chi connectivity index (χ3v) is 4.93. The normalized spacial score (nSPS) is 11.4. The van der Waals surface area contributed by atoms with Gasteiger partial charge in [0.05, 0.1) is 34.1 Å². The summed E-state index contributed by atoms with van der Waals surface area (Å²) in [6, 6.07) is 8.57. The molecule has 0 aliphatic rings. The monoisotopic (exact) mass is 452 g/mol. The summed E-state index contributed by atoms with van der Waals surface area (Å²) in [5.41, 5.74) is 0.599. The molecule has 1 heterocycles. The molecule has 1 amide bonds. The number of halogens is 4. The first-order valence-corrected chi connectivity index (χ1v) is 9.30. The molecule has 162 valence electrons. The molecule has 11 heteroatoms. The molecule has 0 atom stereocenters. The quantitative estimate of drug-likeness (QED) is 0.415. The van der Waals surface area contributed by atoms with Crippen LogP contribution in [0.4, 0.5) is 24.5 Å². The molecule has 0 fully saturated rings. The maximum atomic E-state index is 12.9. The first-order valence-electron chi connectivity index (χ1n) is 8.93. The van der Waals surface area contributed by atoms with Crippen molar-refractivity contribution in [2.75, 3.05) is 5.32 Å². The summed E-state index contributed by atoms with van der Waals surface area (Å²) in [5, 5.41) is 17.9. The van der Waals surface area contributed by atoms with Crippen molar-refractivity contribution in [3.05, 3.63) is 85.7 Å². The van der Waals surface area contributed by atoms with Gasteiger partial charge in [0.2, 0.25) is 0 Å². The number of nitrogens with zero attached hydrogens (tertiary/aromatic N) is 3. The number of rotatable bonds is 5. The van der Waals surface area contributed by atoms with E-state index in [-0.39, 0.29) is 17.1 Å². The van der Waals surface area contributed by atoms with Crippen LogP contribution in [0.25, 0.3) is 0 Å². The van der Waals surface area contributed by atoms with Gasteiger partial charge >= 0.3 is 6.18 Å². The molecule has 3 aromatic rings. The molecule has 2 aromatic carbocycles. The first-order chi connectivity index (χ1) is 14.5. The van der Waals surface area contributed by atoms with Gasteiger partial charge in [0.1, 0.15) is 5.02 Å². The summed E-state index contributed by atoms with van der Waals surface area (Å²) in [5.74, 6) is -0.607. The Bertz CT molecular complexity index is 1170. The highest BCUT2D eigenvalue weighted by Crippen LogP contribution is 2.30. The third kappa shape index (κ3) is 4.85. The Labute approximate surface area is 179 Å². The van der Waals surface area contributed by atoms with E-state index in [1.165, 1.54) is 22.9 Å². The lowest BCUT2D eigenvalue weighted by molar-refractivity contribution is -0.384. The van der Waals surface area contributed by atoms with Crippen LogP contribution in [-0.4, -0.2) is 20.6 Å². The Morgan fingerprint density at radius 1 is 1.23 bits per heavy atom. The summed E-state index contributed by atoms with van der Waals surface area (Å²) in [7, 11) is 0. The second-order valence-corrected chi connectivity index (χ2v) is 7.19. The van der Waals surface area contributed by atoms with Crippen molar-refractivity contribution in [3.8, 4) is 0 Å². The number of carbonyl (C=O) groups excluding carboxylic acids is 1. The summed E-state index contributed by atoms with van der Waals surface area (Å²) >= 11 is 5.77. The fraction of sp³-hybridized carbons (Fsp3) is 0.200. The number of aromatic nitrogens is 2. The first kappa shape index (κ1) is 22.3. The fourth-order valence-electron chi connectivity index (χ4n) is 3.03. The molecule has 7 nitrogen and oxygen atoms in total. The summed E-state index contributed by atoms with van der Waals surface area (Å²) in [6.45, 7) is 3.36. The van der Waals surface area contributed by atoms with Gasteiger partial charge in [-0.05, 0) is 43.7 Å². The minimum Gasteiger partial charge on any atom is -0.319 e. The smallest absolute Gasteiger partial charge is 0.319 e. The molecule has 0 aliphatic heterocycles. The topological polar surface area (TPSA) is 90.1 Å². The number of carbonyl (C=O) groups is 1. The van der Waals surface area contributed by atoms with E-state index >= 15 is 0 Å². The Hall–Kier alpha value is -3.40. The molecular weight excluding hydrogens is 437 g/mol. The summed E-state index contributed by atoms with van der Waals surface area (Å²) in [6.07, 6.45) is -4.45. The number of alkyl halides is 3. The van der Waals surface area contributed by atoms with Gasteiger partial charge in [-0.15, -0.1) is 0 Å². The number of hydrogen-bond donors (Lipinski definition) is 1. The van der Waals surface area contributed by atoms with Crippen LogP contribution in [-0.2, 0) is 12.7 Å². The van der Waals surface area contributed by atoms with Crippen molar-refractivity contribution >= 4 is 28.9 Å². The highest BCUT2D eigenvalue weighted by atomic mass is 35.5. The van der Waals surface area contributed by atoms with Crippen molar-refractivity contribution in [2.24, 2.45) is 0 Å². The van der Waals surface area contributed by atoms with Crippen LogP contribution < -0.4 is 5.32 Å². The average molecular weight is 453 g/mol. The minimum atomic E-state index is -4.45. The van der Waals surface area contributed by atoms with Gasteiger partial charge < -0.3 is 5.32 Å².